The van der Waals surface area contributed by atoms with Gasteiger partial charge in [0.1, 0.15) is 6.04 Å². The van der Waals surface area contributed by atoms with E-state index >= 15 is 0 Å². The molecule has 180 valence electrons. The van der Waals surface area contributed by atoms with E-state index in [1.165, 1.54) is 7.11 Å². The van der Waals surface area contributed by atoms with Gasteiger partial charge in [-0.1, -0.05) is 91.0 Å². The van der Waals surface area contributed by atoms with Gasteiger partial charge in [0.15, 0.2) is 7.29 Å². The molecule has 8 heteroatoms. The fraction of sp³-hybridized carbons (Fsp3) is 0.231. The van der Waals surface area contributed by atoms with Gasteiger partial charge in [-0.25, -0.2) is 0 Å². The SMILES string of the molecule is COC(=O)[C@H](Cc1ccccc1)NP(=O)(Cc1ccccc1)Cc1ccccc1.NCC(=O)O. The van der Waals surface area contributed by atoms with Crippen LogP contribution in [0, 0.1) is 0 Å². The highest BCUT2D eigenvalue weighted by molar-refractivity contribution is 7.60. The minimum absolute atomic E-state index is 0.278. The number of hydrogen-bond acceptors (Lipinski definition) is 5. The molecule has 3 aromatic rings. The van der Waals surface area contributed by atoms with Gasteiger partial charge in [0.2, 0.25) is 0 Å². The van der Waals surface area contributed by atoms with E-state index in [-0.39, 0.29) is 6.54 Å². The van der Waals surface area contributed by atoms with Crippen molar-refractivity contribution < 1.29 is 24.0 Å². The minimum Gasteiger partial charge on any atom is -0.480 e. The molecule has 0 aliphatic rings. The van der Waals surface area contributed by atoms with E-state index in [0.29, 0.717) is 18.7 Å². The van der Waals surface area contributed by atoms with Gasteiger partial charge in [0, 0.05) is 12.3 Å². The molecule has 0 heterocycles. The quantitative estimate of drug-likeness (QED) is 0.294. The number of carboxylic acids is 1. The summed E-state index contributed by atoms with van der Waals surface area (Å²) < 4.78 is 19.1. The molecule has 0 bridgehead atoms. The van der Waals surface area contributed by atoms with Crippen LogP contribution in [0.3, 0.4) is 0 Å². The van der Waals surface area contributed by atoms with Crippen LogP contribution in [0.15, 0.2) is 91.0 Å². The largest absolute Gasteiger partial charge is 0.480 e. The van der Waals surface area contributed by atoms with Crippen molar-refractivity contribution in [2.75, 3.05) is 13.7 Å². The molecular formula is C26H31N2O5P. The van der Waals surface area contributed by atoms with Crippen LogP contribution in [0.2, 0.25) is 0 Å². The van der Waals surface area contributed by atoms with Gasteiger partial charge >= 0.3 is 11.9 Å². The van der Waals surface area contributed by atoms with Gasteiger partial charge < -0.3 is 20.1 Å². The average molecular weight is 483 g/mol. The van der Waals surface area contributed by atoms with Crippen molar-refractivity contribution in [1.29, 1.82) is 0 Å². The van der Waals surface area contributed by atoms with Crippen molar-refractivity contribution >= 4 is 19.2 Å². The number of carbonyl (C=O) groups excluding carboxylic acids is 1. The summed E-state index contributed by atoms with van der Waals surface area (Å²) in [6.45, 7) is -0.278. The van der Waals surface area contributed by atoms with E-state index in [0.717, 1.165) is 16.7 Å². The molecule has 3 aromatic carbocycles. The van der Waals surface area contributed by atoms with Crippen LogP contribution in [0.1, 0.15) is 16.7 Å². The number of hydrogen-bond donors (Lipinski definition) is 3. The maximum Gasteiger partial charge on any atom is 0.323 e. The molecule has 0 spiro atoms. The highest BCUT2D eigenvalue weighted by Gasteiger charge is 2.31. The van der Waals surface area contributed by atoms with Gasteiger partial charge in [0.05, 0.1) is 13.7 Å². The standard InChI is InChI=1S/C24H26NO3P.C2H5NO2/c1-28-24(26)23(17-20-11-5-2-6-12-20)25-29(27,18-21-13-7-3-8-14-21)19-22-15-9-4-10-16-22;3-1-2(4)5/h2-16,23H,17-19H2,1H3,(H,25,27);1,3H2,(H,4,5)/t23-;/m0./s1. The third kappa shape index (κ3) is 9.71. The van der Waals surface area contributed by atoms with Crippen LogP contribution in [-0.4, -0.2) is 36.7 Å². The first kappa shape index (κ1) is 27.0. The van der Waals surface area contributed by atoms with Gasteiger partial charge in [0.25, 0.3) is 0 Å². The number of rotatable bonds is 10. The summed E-state index contributed by atoms with van der Waals surface area (Å²) in [6, 6.07) is 28.5. The van der Waals surface area contributed by atoms with Crippen LogP contribution in [0.4, 0.5) is 0 Å². The number of nitrogens with two attached hydrogens (primary N) is 1. The average Bonchev–Trinajstić information content (AvgIpc) is 2.85. The summed E-state index contributed by atoms with van der Waals surface area (Å²) in [6.07, 6.45) is 1.15. The predicted molar refractivity (Wildman–Crippen MR) is 134 cm³/mol. The number of ether oxygens (including phenoxy) is 1. The lowest BCUT2D eigenvalue weighted by molar-refractivity contribution is -0.142. The third-order valence-corrected chi connectivity index (χ3v) is 7.43. The Morgan fingerprint density at radius 3 is 1.59 bits per heavy atom. The number of nitrogens with one attached hydrogen (secondary N) is 1. The number of aliphatic carboxylic acids is 1. The molecule has 1 atom stereocenters. The van der Waals surface area contributed by atoms with Gasteiger partial charge in [-0.05, 0) is 23.1 Å². The van der Waals surface area contributed by atoms with Crippen molar-refractivity contribution in [2.45, 2.75) is 24.8 Å². The van der Waals surface area contributed by atoms with E-state index in [1.807, 2.05) is 91.0 Å². The zero-order chi connectivity index (χ0) is 24.8. The number of esters is 1. The summed E-state index contributed by atoms with van der Waals surface area (Å²) in [4.78, 5) is 21.7. The van der Waals surface area contributed by atoms with E-state index in [4.69, 9.17) is 9.84 Å². The van der Waals surface area contributed by atoms with Crippen molar-refractivity contribution in [3.05, 3.63) is 108 Å². The lowest BCUT2D eigenvalue weighted by Crippen LogP contribution is -2.38. The van der Waals surface area contributed by atoms with Crippen molar-refractivity contribution in [3.8, 4) is 0 Å². The first-order valence-electron chi connectivity index (χ1n) is 10.8. The molecule has 0 saturated carbocycles. The number of benzene rings is 3. The number of carbonyl (C=O) groups is 2. The second-order valence-corrected chi connectivity index (χ2v) is 10.3. The smallest absolute Gasteiger partial charge is 0.323 e. The molecule has 3 rings (SSSR count). The van der Waals surface area contributed by atoms with Gasteiger partial charge in [-0.2, -0.15) is 0 Å². The van der Waals surface area contributed by atoms with Crippen molar-refractivity contribution in [2.24, 2.45) is 5.73 Å². The Labute approximate surface area is 200 Å². The Bertz CT molecular complexity index is 1020. The molecular weight excluding hydrogens is 451 g/mol. The molecule has 34 heavy (non-hydrogen) atoms. The topological polar surface area (TPSA) is 119 Å². The summed E-state index contributed by atoms with van der Waals surface area (Å²) >= 11 is 0. The second-order valence-electron chi connectivity index (χ2n) is 7.67. The van der Waals surface area contributed by atoms with Crippen LogP contribution in [0.5, 0.6) is 0 Å². The van der Waals surface area contributed by atoms with Crippen molar-refractivity contribution in [1.82, 2.24) is 5.09 Å². The van der Waals surface area contributed by atoms with Crippen LogP contribution >= 0.6 is 7.29 Å². The van der Waals surface area contributed by atoms with Gasteiger partial charge in [-0.15, -0.1) is 0 Å². The lowest BCUT2D eigenvalue weighted by atomic mass is 10.1. The minimum atomic E-state index is -2.97. The molecule has 0 aliphatic heterocycles. The molecule has 0 amide bonds. The summed E-state index contributed by atoms with van der Waals surface area (Å²) in [7, 11) is -1.61. The lowest BCUT2D eigenvalue weighted by Gasteiger charge is -2.25. The Kier molecular flexibility index (Phi) is 11.2. The summed E-state index contributed by atoms with van der Waals surface area (Å²) in [5.41, 5.74) is 7.51. The summed E-state index contributed by atoms with van der Waals surface area (Å²) in [5, 5.41) is 10.8. The molecule has 0 saturated heterocycles. The van der Waals surface area contributed by atoms with Crippen molar-refractivity contribution in [3.63, 3.8) is 0 Å². The van der Waals surface area contributed by atoms with Gasteiger partial charge in [-0.3, -0.25) is 14.7 Å². The predicted octanol–water partition coefficient (Wildman–Crippen LogP) is 4.07. The zero-order valence-corrected chi connectivity index (χ0v) is 20.1. The Morgan fingerprint density at radius 2 is 1.24 bits per heavy atom. The monoisotopic (exact) mass is 482 g/mol. The normalized spacial score (nSPS) is 11.6. The van der Waals surface area contributed by atoms with E-state index in [2.05, 4.69) is 10.8 Å². The Balaban J connectivity index is 0.000000739. The fourth-order valence-corrected chi connectivity index (χ4v) is 6.02. The maximum absolute atomic E-state index is 14.1. The first-order valence-corrected chi connectivity index (χ1v) is 12.9. The molecule has 0 aliphatic carbocycles. The van der Waals surface area contributed by atoms with Crippen LogP contribution < -0.4 is 10.8 Å². The molecule has 0 aromatic heterocycles. The molecule has 0 fully saturated rings. The molecule has 7 nitrogen and oxygen atoms in total. The van der Waals surface area contributed by atoms with Crippen LogP contribution in [0.25, 0.3) is 0 Å². The number of methoxy groups -OCH3 is 1. The Hall–Kier alpha value is -3.25. The van der Waals surface area contributed by atoms with E-state index in [1.54, 1.807) is 0 Å². The maximum atomic E-state index is 14.1. The third-order valence-electron chi connectivity index (χ3n) is 4.90. The summed E-state index contributed by atoms with van der Waals surface area (Å²) in [5.74, 6) is -1.37. The van der Waals surface area contributed by atoms with Crippen LogP contribution in [-0.2, 0) is 37.6 Å². The van der Waals surface area contributed by atoms with E-state index in [9.17, 15) is 14.2 Å². The molecule has 4 N–H and O–H groups in total. The van der Waals surface area contributed by atoms with E-state index < -0.39 is 25.3 Å². The first-order chi connectivity index (χ1) is 16.3. The number of carboxylic acid groups (broad SMARTS) is 1. The highest BCUT2D eigenvalue weighted by Crippen LogP contribution is 2.49. The fourth-order valence-electron chi connectivity index (χ4n) is 3.36. The molecule has 0 unspecified atom stereocenters. The Morgan fingerprint density at radius 1 is 0.853 bits per heavy atom. The zero-order valence-electron chi connectivity index (χ0n) is 19.2. The highest BCUT2D eigenvalue weighted by atomic mass is 31.2. The molecule has 0 radical (unpaired) electrons. The second kappa shape index (κ2) is 14.1.